The molecular weight excluding hydrogens is 286 g/mol. The number of anilines is 1. The van der Waals surface area contributed by atoms with Crippen molar-refractivity contribution in [3.8, 4) is 6.07 Å². The van der Waals surface area contributed by atoms with E-state index in [0.717, 1.165) is 31.5 Å². The molecule has 110 valence electrons. The van der Waals surface area contributed by atoms with Crippen LogP contribution in [0.2, 0.25) is 0 Å². The van der Waals surface area contributed by atoms with Crippen molar-refractivity contribution in [1.82, 2.24) is 15.3 Å². The highest BCUT2D eigenvalue weighted by Gasteiger charge is 2.30. The molecule has 3 heterocycles. The minimum atomic E-state index is -0.106. The van der Waals surface area contributed by atoms with Crippen molar-refractivity contribution in [2.24, 2.45) is 5.92 Å². The van der Waals surface area contributed by atoms with E-state index in [1.165, 1.54) is 11.8 Å². The van der Waals surface area contributed by atoms with Crippen molar-refractivity contribution in [3.63, 3.8) is 0 Å². The van der Waals surface area contributed by atoms with Gasteiger partial charge in [-0.25, -0.2) is 9.97 Å². The number of carbonyl (C=O) groups is 1. The molecule has 7 heteroatoms. The SMILES string of the molecule is CSc1nc2c(c(N3CCCCC(C#N)C3)n1)C(=O)NC2. The summed E-state index contributed by atoms with van der Waals surface area (Å²) in [6.07, 6.45) is 4.91. The first-order valence-electron chi connectivity index (χ1n) is 7.10. The molecule has 0 spiro atoms. The van der Waals surface area contributed by atoms with Crippen molar-refractivity contribution in [1.29, 1.82) is 5.26 Å². The van der Waals surface area contributed by atoms with Crippen LogP contribution >= 0.6 is 11.8 Å². The number of fused-ring (bicyclic) bond motifs is 1. The zero-order valence-corrected chi connectivity index (χ0v) is 12.7. The number of aromatic nitrogens is 2. The lowest BCUT2D eigenvalue weighted by Gasteiger charge is -2.24. The first-order valence-corrected chi connectivity index (χ1v) is 8.33. The van der Waals surface area contributed by atoms with Gasteiger partial charge in [0.2, 0.25) is 0 Å². The standard InChI is InChI=1S/C14H17N5OS/c1-21-14-17-10-7-16-13(20)11(10)12(18-14)19-5-3-2-4-9(6-15)8-19/h9H,2-5,7-8H2,1H3,(H,16,20). The maximum absolute atomic E-state index is 12.1. The van der Waals surface area contributed by atoms with Crippen molar-refractivity contribution in [2.75, 3.05) is 24.2 Å². The molecule has 6 nitrogen and oxygen atoms in total. The van der Waals surface area contributed by atoms with E-state index in [2.05, 4.69) is 26.3 Å². The first kappa shape index (κ1) is 14.1. The van der Waals surface area contributed by atoms with Gasteiger partial charge in [0.1, 0.15) is 11.4 Å². The third kappa shape index (κ3) is 2.68. The molecule has 0 saturated carbocycles. The van der Waals surface area contributed by atoms with Crippen LogP contribution in [0.3, 0.4) is 0 Å². The smallest absolute Gasteiger partial charge is 0.257 e. The second-order valence-electron chi connectivity index (χ2n) is 5.31. The van der Waals surface area contributed by atoms with Crippen LogP contribution in [0, 0.1) is 17.2 Å². The number of rotatable bonds is 2. The summed E-state index contributed by atoms with van der Waals surface area (Å²) in [5, 5.41) is 12.7. The third-order valence-corrected chi connectivity index (χ3v) is 4.47. The molecule has 1 aromatic rings. The molecule has 1 amide bonds. The molecule has 0 aliphatic carbocycles. The van der Waals surface area contributed by atoms with Gasteiger partial charge in [-0.1, -0.05) is 18.2 Å². The summed E-state index contributed by atoms with van der Waals surface area (Å²) < 4.78 is 0. The Balaban J connectivity index is 2.02. The zero-order chi connectivity index (χ0) is 14.8. The largest absolute Gasteiger partial charge is 0.354 e. The molecule has 1 fully saturated rings. The molecule has 0 radical (unpaired) electrons. The van der Waals surface area contributed by atoms with Gasteiger partial charge in [-0.2, -0.15) is 5.26 Å². The van der Waals surface area contributed by atoms with Gasteiger partial charge in [-0.05, 0) is 19.1 Å². The van der Waals surface area contributed by atoms with E-state index in [9.17, 15) is 10.1 Å². The monoisotopic (exact) mass is 303 g/mol. The summed E-state index contributed by atoms with van der Waals surface area (Å²) >= 11 is 1.47. The highest BCUT2D eigenvalue weighted by Crippen LogP contribution is 2.29. The summed E-state index contributed by atoms with van der Waals surface area (Å²) in [4.78, 5) is 23.1. The molecule has 1 atom stereocenters. The molecule has 21 heavy (non-hydrogen) atoms. The van der Waals surface area contributed by atoms with Crippen LogP contribution in [-0.2, 0) is 6.54 Å². The van der Waals surface area contributed by atoms with Crippen LogP contribution in [0.5, 0.6) is 0 Å². The highest BCUT2D eigenvalue weighted by molar-refractivity contribution is 7.98. The Morgan fingerprint density at radius 3 is 3.05 bits per heavy atom. The average molecular weight is 303 g/mol. The average Bonchev–Trinajstić information content (AvgIpc) is 2.75. The minimum Gasteiger partial charge on any atom is -0.354 e. The van der Waals surface area contributed by atoms with Gasteiger partial charge in [-0.3, -0.25) is 4.79 Å². The van der Waals surface area contributed by atoms with Crippen LogP contribution in [0.1, 0.15) is 35.3 Å². The maximum Gasteiger partial charge on any atom is 0.257 e. The minimum absolute atomic E-state index is 0.000286. The van der Waals surface area contributed by atoms with E-state index in [-0.39, 0.29) is 11.8 Å². The van der Waals surface area contributed by atoms with Crippen molar-refractivity contribution in [2.45, 2.75) is 31.0 Å². The van der Waals surface area contributed by atoms with Gasteiger partial charge in [-0.15, -0.1) is 0 Å². The van der Waals surface area contributed by atoms with Gasteiger partial charge in [0.15, 0.2) is 5.16 Å². The maximum atomic E-state index is 12.1. The van der Waals surface area contributed by atoms with E-state index < -0.39 is 0 Å². The zero-order valence-electron chi connectivity index (χ0n) is 11.9. The fourth-order valence-electron chi connectivity index (χ4n) is 2.84. The van der Waals surface area contributed by atoms with E-state index in [0.29, 0.717) is 29.6 Å². The first-order chi connectivity index (χ1) is 10.2. The van der Waals surface area contributed by atoms with Crippen LogP contribution in [0.25, 0.3) is 0 Å². The van der Waals surface area contributed by atoms with Crippen LogP contribution < -0.4 is 10.2 Å². The summed E-state index contributed by atoms with van der Waals surface area (Å²) in [7, 11) is 0. The summed E-state index contributed by atoms with van der Waals surface area (Å²) in [5.41, 5.74) is 1.36. The molecule has 1 unspecified atom stereocenters. The molecule has 0 aromatic carbocycles. The number of thioether (sulfide) groups is 1. The van der Waals surface area contributed by atoms with Gasteiger partial charge in [0.25, 0.3) is 5.91 Å². The highest BCUT2D eigenvalue weighted by atomic mass is 32.2. The Labute approximate surface area is 127 Å². The third-order valence-electron chi connectivity index (χ3n) is 3.92. The Morgan fingerprint density at radius 1 is 1.43 bits per heavy atom. The summed E-state index contributed by atoms with van der Waals surface area (Å²) in [6.45, 7) is 1.94. The molecule has 2 aliphatic heterocycles. The second kappa shape index (κ2) is 5.90. The summed E-state index contributed by atoms with van der Waals surface area (Å²) in [6, 6.07) is 2.36. The molecule has 3 rings (SSSR count). The second-order valence-corrected chi connectivity index (χ2v) is 6.08. The molecule has 1 saturated heterocycles. The number of hydrogen-bond donors (Lipinski definition) is 1. The topological polar surface area (TPSA) is 81.9 Å². The lowest BCUT2D eigenvalue weighted by atomic mass is 10.1. The van der Waals surface area contributed by atoms with Crippen LogP contribution in [0.4, 0.5) is 5.82 Å². The predicted molar refractivity (Wildman–Crippen MR) is 80.2 cm³/mol. The number of amides is 1. The Bertz CT molecular complexity index is 612. The molecular formula is C14H17N5OS. The number of nitriles is 1. The molecule has 0 bridgehead atoms. The number of nitrogens with zero attached hydrogens (tertiary/aromatic N) is 4. The van der Waals surface area contributed by atoms with Crippen LogP contribution in [-0.4, -0.2) is 35.2 Å². The van der Waals surface area contributed by atoms with E-state index in [4.69, 9.17) is 0 Å². The number of hydrogen-bond acceptors (Lipinski definition) is 6. The van der Waals surface area contributed by atoms with Gasteiger partial charge >= 0.3 is 0 Å². The van der Waals surface area contributed by atoms with E-state index in [1.54, 1.807) is 0 Å². The van der Waals surface area contributed by atoms with Crippen molar-refractivity contribution in [3.05, 3.63) is 11.3 Å². The fraction of sp³-hybridized carbons (Fsp3) is 0.571. The van der Waals surface area contributed by atoms with Gasteiger partial charge in [0, 0.05) is 13.1 Å². The predicted octanol–water partition coefficient (Wildman–Crippen LogP) is 1.57. The molecule has 1 N–H and O–H groups in total. The van der Waals surface area contributed by atoms with Gasteiger partial charge < -0.3 is 10.2 Å². The number of carbonyl (C=O) groups excluding carboxylic acids is 1. The lowest BCUT2D eigenvalue weighted by Crippen LogP contribution is -2.31. The Kier molecular flexibility index (Phi) is 3.97. The van der Waals surface area contributed by atoms with Gasteiger partial charge in [0.05, 0.1) is 24.2 Å². The summed E-state index contributed by atoms with van der Waals surface area (Å²) in [5.74, 6) is 0.590. The quantitative estimate of drug-likeness (QED) is 0.660. The van der Waals surface area contributed by atoms with Crippen LogP contribution in [0.15, 0.2) is 5.16 Å². The Morgan fingerprint density at radius 2 is 2.29 bits per heavy atom. The van der Waals surface area contributed by atoms with Crippen molar-refractivity contribution >= 4 is 23.5 Å². The van der Waals surface area contributed by atoms with E-state index >= 15 is 0 Å². The normalized spacial score (nSPS) is 21.4. The molecule has 2 aliphatic rings. The molecule has 1 aromatic heterocycles. The van der Waals surface area contributed by atoms with E-state index in [1.807, 2.05) is 6.26 Å². The Hall–Kier alpha value is -1.81. The number of nitrogens with one attached hydrogen (secondary N) is 1. The fourth-order valence-corrected chi connectivity index (χ4v) is 3.22. The lowest BCUT2D eigenvalue weighted by molar-refractivity contribution is 0.0966. The van der Waals surface area contributed by atoms with Crippen molar-refractivity contribution < 1.29 is 4.79 Å².